The Morgan fingerprint density at radius 3 is 2.75 bits per heavy atom. The molecule has 0 amide bonds. The summed E-state index contributed by atoms with van der Waals surface area (Å²) in [5, 5.41) is 6.65. The van der Waals surface area contributed by atoms with Gasteiger partial charge in [-0.05, 0) is 44.7 Å². The Morgan fingerprint density at radius 2 is 2.05 bits per heavy atom. The molecule has 0 spiro atoms. The van der Waals surface area contributed by atoms with E-state index in [0.717, 1.165) is 32.4 Å². The standard InChI is InChI=1S/C13H22ClN5O/c1-4-6-15-11-17-10(14)18-12(19-11)16-9-5-7-20-13(2,3)8-9/h9H,4-8H2,1-3H3,(H2,15,16,17,18,19). The van der Waals surface area contributed by atoms with Crippen LogP contribution in [-0.4, -0.2) is 39.7 Å². The first-order chi connectivity index (χ1) is 9.48. The minimum Gasteiger partial charge on any atom is -0.375 e. The van der Waals surface area contributed by atoms with Crippen molar-refractivity contribution >= 4 is 23.5 Å². The first kappa shape index (κ1) is 15.3. The van der Waals surface area contributed by atoms with Gasteiger partial charge in [-0.25, -0.2) is 0 Å². The van der Waals surface area contributed by atoms with E-state index in [-0.39, 0.29) is 16.9 Å². The molecule has 1 aromatic rings. The Labute approximate surface area is 124 Å². The zero-order chi connectivity index (χ0) is 14.6. The molecule has 7 heteroatoms. The van der Waals surface area contributed by atoms with Crippen LogP contribution in [0, 0.1) is 0 Å². The van der Waals surface area contributed by atoms with E-state index in [2.05, 4.69) is 46.4 Å². The Morgan fingerprint density at radius 1 is 1.30 bits per heavy atom. The molecule has 1 atom stereocenters. The first-order valence-corrected chi connectivity index (χ1v) is 7.42. The van der Waals surface area contributed by atoms with E-state index in [1.165, 1.54) is 0 Å². The first-order valence-electron chi connectivity index (χ1n) is 7.04. The largest absolute Gasteiger partial charge is 0.375 e. The van der Waals surface area contributed by atoms with Crippen LogP contribution in [0.1, 0.15) is 40.0 Å². The summed E-state index contributed by atoms with van der Waals surface area (Å²) in [6, 6.07) is 0.288. The Balaban J connectivity index is 2.03. The van der Waals surface area contributed by atoms with Crippen LogP contribution in [0.25, 0.3) is 0 Å². The minimum atomic E-state index is -0.115. The Hall–Kier alpha value is -1.14. The number of nitrogens with one attached hydrogen (secondary N) is 2. The number of hydrogen-bond donors (Lipinski definition) is 2. The highest BCUT2D eigenvalue weighted by Gasteiger charge is 2.29. The molecule has 1 unspecified atom stereocenters. The molecule has 1 aliphatic rings. The molecule has 1 aromatic heterocycles. The lowest BCUT2D eigenvalue weighted by Crippen LogP contribution is -2.40. The number of hydrogen-bond acceptors (Lipinski definition) is 6. The van der Waals surface area contributed by atoms with Crippen molar-refractivity contribution in [3.63, 3.8) is 0 Å². The predicted molar refractivity (Wildman–Crippen MR) is 80.3 cm³/mol. The van der Waals surface area contributed by atoms with Crippen molar-refractivity contribution in [1.29, 1.82) is 0 Å². The minimum absolute atomic E-state index is 0.115. The van der Waals surface area contributed by atoms with Crippen LogP contribution in [0.4, 0.5) is 11.9 Å². The second-order valence-corrected chi connectivity index (χ2v) is 5.96. The molecule has 2 N–H and O–H groups in total. The Kier molecular flexibility index (Phi) is 4.99. The molecule has 0 aliphatic carbocycles. The maximum Gasteiger partial charge on any atom is 0.229 e. The van der Waals surface area contributed by atoms with Crippen molar-refractivity contribution in [2.75, 3.05) is 23.8 Å². The summed E-state index contributed by atoms with van der Waals surface area (Å²) in [5.41, 5.74) is -0.115. The third-order valence-electron chi connectivity index (χ3n) is 3.17. The number of halogens is 1. The van der Waals surface area contributed by atoms with Gasteiger partial charge in [-0.15, -0.1) is 0 Å². The monoisotopic (exact) mass is 299 g/mol. The van der Waals surface area contributed by atoms with Gasteiger partial charge in [-0.2, -0.15) is 15.0 Å². The van der Waals surface area contributed by atoms with Crippen molar-refractivity contribution in [1.82, 2.24) is 15.0 Å². The van der Waals surface area contributed by atoms with Crippen LogP contribution < -0.4 is 10.6 Å². The van der Waals surface area contributed by atoms with Gasteiger partial charge in [0.25, 0.3) is 0 Å². The maximum absolute atomic E-state index is 5.94. The number of aromatic nitrogens is 3. The summed E-state index contributed by atoms with van der Waals surface area (Å²) < 4.78 is 5.70. The summed E-state index contributed by atoms with van der Waals surface area (Å²) in [5.74, 6) is 1.03. The van der Waals surface area contributed by atoms with Crippen LogP contribution in [0.3, 0.4) is 0 Å². The predicted octanol–water partition coefficient (Wildman–Crippen LogP) is 2.72. The molecule has 0 bridgehead atoms. The number of nitrogens with zero attached hydrogens (tertiary/aromatic N) is 3. The lowest BCUT2D eigenvalue weighted by molar-refractivity contribution is -0.0553. The third kappa shape index (κ3) is 4.45. The molecule has 0 aromatic carbocycles. The number of ether oxygens (including phenoxy) is 1. The average Bonchev–Trinajstić information content (AvgIpc) is 2.34. The smallest absolute Gasteiger partial charge is 0.229 e. The van der Waals surface area contributed by atoms with E-state index in [1.807, 2.05) is 0 Å². The zero-order valence-electron chi connectivity index (χ0n) is 12.2. The van der Waals surface area contributed by atoms with Crippen LogP contribution >= 0.6 is 11.6 Å². The van der Waals surface area contributed by atoms with Gasteiger partial charge in [0, 0.05) is 19.2 Å². The third-order valence-corrected chi connectivity index (χ3v) is 3.34. The van der Waals surface area contributed by atoms with E-state index in [0.29, 0.717) is 11.9 Å². The van der Waals surface area contributed by atoms with Gasteiger partial charge in [0.15, 0.2) is 0 Å². The SMILES string of the molecule is CCCNc1nc(Cl)nc(NC2CCOC(C)(C)C2)n1. The highest BCUT2D eigenvalue weighted by molar-refractivity contribution is 6.28. The second-order valence-electron chi connectivity index (χ2n) is 5.62. The summed E-state index contributed by atoms with van der Waals surface area (Å²) in [6.07, 6.45) is 2.85. The normalized spacial score (nSPS) is 21.5. The molecule has 2 rings (SSSR count). The zero-order valence-corrected chi connectivity index (χ0v) is 13.0. The molecule has 2 heterocycles. The van der Waals surface area contributed by atoms with Crippen molar-refractivity contribution in [2.45, 2.75) is 51.7 Å². The summed E-state index contributed by atoms with van der Waals surface area (Å²) in [7, 11) is 0. The number of rotatable bonds is 5. The van der Waals surface area contributed by atoms with Gasteiger partial charge in [-0.3, -0.25) is 0 Å². The molecule has 112 valence electrons. The molecule has 0 saturated carbocycles. The van der Waals surface area contributed by atoms with E-state index < -0.39 is 0 Å². The van der Waals surface area contributed by atoms with Gasteiger partial charge < -0.3 is 15.4 Å². The second kappa shape index (κ2) is 6.54. The van der Waals surface area contributed by atoms with Crippen molar-refractivity contribution in [3.05, 3.63) is 5.28 Å². The molecule has 6 nitrogen and oxygen atoms in total. The molecular formula is C13H22ClN5O. The summed E-state index contributed by atoms with van der Waals surface area (Å²) in [4.78, 5) is 12.5. The Bertz CT molecular complexity index is 454. The van der Waals surface area contributed by atoms with Crippen LogP contribution in [0.15, 0.2) is 0 Å². The van der Waals surface area contributed by atoms with E-state index >= 15 is 0 Å². The molecule has 1 aliphatic heterocycles. The van der Waals surface area contributed by atoms with E-state index in [9.17, 15) is 0 Å². The molecule has 1 saturated heterocycles. The van der Waals surface area contributed by atoms with Crippen LogP contribution in [-0.2, 0) is 4.74 Å². The summed E-state index contributed by atoms with van der Waals surface area (Å²) in [6.45, 7) is 7.82. The highest BCUT2D eigenvalue weighted by atomic mass is 35.5. The lowest BCUT2D eigenvalue weighted by Gasteiger charge is -2.35. The average molecular weight is 300 g/mol. The van der Waals surface area contributed by atoms with Gasteiger partial charge in [0.2, 0.25) is 17.2 Å². The fourth-order valence-corrected chi connectivity index (χ4v) is 2.43. The highest BCUT2D eigenvalue weighted by Crippen LogP contribution is 2.25. The van der Waals surface area contributed by atoms with Gasteiger partial charge in [-0.1, -0.05) is 6.92 Å². The van der Waals surface area contributed by atoms with Crippen LogP contribution in [0.2, 0.25) is 5.28 Å². The fourth-order valence-electron chi connectivity index (χ4n) is 2.27. The quantitative estimate of drug-likeness (QED) is 0.871. The van der Waals surface area contributed by atoms with Crippen molar-refractivity contribution in [3.8, 4) is 0 Å². The molecule has 0 radical (unpaired) electrons. The fraction of sp³-hybridized carbons (Fsp3) is 0.769. The maximum atomic E-state index is 5.94. The van der Waals surface area contributed by atoms with E-state index in [1.54, 1.807) is 0 Å². The number of anilines is 2. The molecule has 20 heavy (non-hydrogen) atoms. The van der Waals surface area contributed by atoms with Crippen molar-refractivity contribution in [2.24, 2.45) is 0 Å². The topological polar surface area (TPSA) is 72.0 Å². The van der Waals surface area contributed by atoms with Gasteiger partial charge >= 0.3 is 0 Å². The van der Waals surface area contributed by atoms with Gasteiger partial charge in [0.05, 0.1) is 5.60 Å². The van der Waals surface area contributed by atoms with E-state index in [4.69, 9.17) is 16.3 Å². The van der Waals surface area contributed by atoms with Crippen LogP contribution in [0.5, 0.6) is 0 Å². The van der Waals surface area contributed by atoms with Crippen molar-refractivity contribution < 1.29 is 4.74 Å². The molecule has 1 fully saturated rings. The molecular weight excluding hydrogens is 278 g/mol. The van der Waals surface area contributed by atoms with Gasteiger partial charge in [0.1, 0.15) is 0 Å². The lowest BCUT2D eigenvalue weighted by atomic mass is 9.94. The summed E-state index contributed by atoms with van der Waals surface area (Å²) >= 11 is 5.94.